The van der Waals surface area contributed by atoms with Crippen LogP contribution in [0.15, 0.2) is 47.1 Å². The number of benzene rings is 1. The first-order chi connectivity index (χ1) is 9.08. The fourth-order valence-electron chi connectivity index (χ4n) is 1.69. The van der Waals surface area contributed by atoms with Crippen LogP contribution in [0.25, 0.3) is 0 Å². The Bertz CT molecular complexity index is 548. The third kappa shape index (κ3) is 3.52. The standard InChI is InChI=1S/C14H14BrFN2O/c1-9(17)14(12-4-2-3-7-18-12)19-13-8-10(16)5-6-11(13)15/h2-9,14H,17H2,1H3. The normalized spacial score (nSPS) is 13.9. The molecule has 2 atom stereocenters. The smallest absolute Gasteiger partial charge is 0.155 e. The van der Waals surface area contributed by atoms with Crippen LogP contribution in [0.3, 0.4) is 0 Å². The van der Waals surface area contributed by atoms with Gasteiger partial charge in [-0.15, -0.1) is 0 Å². The topological polar surface area (TPSA) is 48.1 Å². The molecular formula is C14H14BrFN2O. The molecule has 2 N–H and O–H groups in total. The molecule has 0 bridgehead atoms. The van der Waals surface area contributed by atoms with Gasteiger partial charge in [0.15, 0.2) is 6.10 Å². The monoisotopic (exact) mass is 324 g/mol. The van der Waals surface area contributed by atoms with Crippen LogP contribution in [0.2, 0.25) is 0 Å². The van der Waals surface area contributed by atoms with Gasteiger partial charge in [0.05, 0.1) is 10.2 Å². The fraction of sp³-hybridized carbons (Fsp3) is 0.214. The van der Waals surface area contributed by atoms with E-state index in [-0.39, 0.29) is 11.9 Å². The minimum Gasteiger partial charge on any atom is -0.481 e. The zero-order valence-corrected chi connectivity index (χ0v) is 12.0. The predicted molar refractivity (Wildman–Crippen MR) is 75.4 cm³/mol. The first kappa shape index (κ1) is 14.0. The van der Waals surface area contributed by atoms with Gasteiger partial charge in [-0.05, 0) is 47.1 Å². The largest absolute Gasteiger partial charge is 0.481 e. The van der Waals surface area contributed by atoms with Crippen molar-refractivity contribution >= 4 is 15.9 Å². The molecule has 5 heteroatoms. The van der Waals surface area contributed by atoms with Crippen LogP contribution in [-0.4, -0.2) is 11.0 Å². The van der Waals surface area contributed by atoms with E-state index >= 15 is 0 Å². The molecule has 100 valence electrons. The van der Waals surface area contributed by atoms with Crippen LogP contribution in [0, 0.1) is 5.82 Å². The van der Waals surface area contributed by atoms with Crippen LogP contribution in [0.1, 0.15) is 18.7 Å². The average molecular weight is 325 g/mol. The Labute approximate surface area is 119 Å². The maximum atomic E-state index is 13.3. The molecule has 1 aromatic carbocycles. The molecule has 0 spiro atoms. The first-order valence-electron chi connectivity index (χ1n) is 5.86. The van der Waals surface area contributed by atoms with Crippen LogP contribution >= 0.6 is 15.9 Å². The minimum absolute atomic E-state index is 0.273. The van der Waals surface area contributed by atoms with Crippen molar-refractivity contribution in [3.05, 3.63) is 58.6 Å². The molecule has 0 amide bonds. The number of nitrogens with zero attached hydrogens (tertiary/aromatic N) is 1. The highest BCUT2D eigenvalue weighted by atomic mass is 79.9. The molecule has 2 rings (SSSR count). The van der Waals surface area contributed by atoms with Gasteiger partial charge in [0.1, 0.15) is 11.6 Å². The molecule has 1 aromatic heterocycles. The molecule has 0 aliphatic heterocycles. The number of nitrogens with two attached hydrogens (primary N) is 1. The Kier molecular flexibility index (Phi) is 4.50. The van der Waals surface area contributed by atoms with E-state index in [0.717, 1.165) is 0 Å². The Morgan fingerprint density at radius 1 is 1.32 bits per heavy atom. The quantitative estimate of drug-likeness (QED) is 0.937. The summed E-state index contributed by atoms with van der Waals surface area (Å²) >= 11 is 3.33. The zero-order valence-electron chi connectivity index (χ0n) is 10.4. The number of pyridine rings is 1. The van der Waals surface area contributed by atoms with Crippen LogP contribution < -0.4 is 10.5 Å². The maximum absolute atomic E-state index is 13.3. The molecular weight excluding hydrogens is 311 g/mol. The molecule has 19 heavy (non-hydrogen) atoms. The molecule has 3 nitrogen and oxygen atoms in total. The van der Waals surface area contributed by atoms with E-state index in [4.69, 9.17) is 10.5 Å². The summed E-state index contributed by atoms with van der Waals surface area (Å²) in [6, 6.07) is 9.52. The fourth-order valence-corrected chi connectivity index (χ4v) is 2.03. The summed E-state index contributed by atoms with van der Waals surface area (Å²) in [5.74, 6) is 0.0515. The molecule has 0 saturated heterocycles. The SMILES string of the molecule is CC(N)C(Oc1cc(F)ccc1Br)c1ccccn1. The summed E-state index contributed by atoms with van der Waals surface area (Å²) in [6.07, 6.45) is 1.24. The Morgan fingerprint density at radius 3 is 2.74 bits per heavy atom. The van der Waals surface area contributed by atoms with Gasteiger partial charge in [-0.2, -0.15) is 0 Å². The highest BCUT2D eigenvalue weighted by molar-refractivity contribution is 9.10. The minimum atomic E-state index is -0.431. The van der Waals surface area contributed by atoms with Crippen molar-refractivity contribution < 1.29 is 9.13 Å². The van der Waals surface area contributed by atoms with Crippen molar-refractivity contribution in [2.24, 2.45) is 5.73 Å². The summed E-state index contributed by atoms with van der Waals surface area (Å²) < 4.78 is 19.7. The lowest BCUT2D eigenvalue weighted by molar-refractivity contribution is 0.174. The van der Waals surface area contributed by atoms with Gasteiger partial charge < -0.3 is 10.5 Å². The van der Waals surface area contributed by atoms with Gasteiger partial charge in [0, 0.05) is 18.3 Å². The number of aromatic nitrogens is 1. The van der Waals surface area contributed by atoms with E-state index in [9.17, 15) is 4.39 Å². The van der Waals surface area contributed by atoms with Gasteiger partial charge >= 0.3 is 0 Å². The summed E-state index contributed by atoms with van der Waals surface area (Å²) in [5, 5.41) is 0. The third-order valence-corrected chi connectivity index (χ3v) is 3.26. The lowest BCUT2D eigenvalue weighted by Gasteiger charge is -2.22. The number of rotatable bonds is 4. The first-order valence-corrected chi connectivity index (χ1v) is 6.65. The van der Waals surface area contributed by atoms with Gasteiger partial charge in [0.25, 0.3) is 0 Å². The van der Waals surface area contributed by atoms with E-state index < -0.39 is 6.10 Å². The van der Waals surface area contributed by atoms with Crippen molar-refractivity contribution in [2.45, 2.75) is 19.1 Å². The van der Waals surface area contributed by atoms with Gasteiger partial charge in [-0.3, -0.25) is 4.98 Å². The summed E-state index contributed by atoms with van der Waals surface area (Å²) in [5.41, 5.74) is 6.65. The summed E-state index contributed by atoms with van der Waals surface area (Å²) in [7, 11) is 0. The van der Waals surface area contributed by atoms with Crippen molar-refractivity contribution in [1.29, 1.82) is 0 Å². The van der Waals surface area contributed by atoms with E-state index in [2.05, 4.69) is 20.9 Å². The van der Waals surface area contributed by atoms with Gasteiger partial charge in [0.2, 0.25) is 0 Å². The van der Waals surface area contributed by atoms with E-state index in [1.807, 2.05) is 25.1 Å². The molecule has 0 radical (unpaired) electrons. The van der Waals surface area contributed by atoms with Crippen LogP contribution in [-0.2, 0) is 0 Å². The van der Waals surface area contributed by atoms with Crippen LogP contribution in [0.4, 0.5) is 4.39 Å². The molecule has 2 aromatic rings. The molecule has 0 saturated carbocycles. The van der Waals surface area contributed by atoms with E-state index in [1.54, 1.807) is 12.3 Å². The number of hydrogen-bond acceptors (Lipinski definition) is 3. The molecule has 0 fully saturated rings. The van der Waals surface area contributed by atoms with Crippen molar-refractivity contribution in [2.75, 3.05) is 0 Å². The Hall–Kier alpha value is -1.46. The van der Waals surface area contributed by atoms with Crippen molar-refractivity contribution in [3.8, 4) is 5.75 Å². The van der Waals surface area contributed by atoms with Gasteiger partial charge in [-0.25, -0.2) is 4.39 Å². The summed E-state index contributed by atoms with van der Waals surface area (Å²) in [6.45, 7) is 1.83. The Balaban J connectivity index is 2.29. The molecule has 0 aliphatic carbocycles. The Morgan fingerprint density at radius 2 is 2.11 bits per heavy atom. The number of hydrogen-bond donors (Lipinski definition) is 1. The molecule has 2 unspecified atom stereocenters. The zero-order chi connectivity index (χ0) is 13.8. The second kappa shape index (κ2) is 6.12. The lowest BCUT2D eigenvalue weighted by atomic mass is 10.1. The predicted octanol–water partition coefficient (Wildman–Crippen LogP) is 3.45. The second-order valence-corrected chi connectivity index (χ2v) is 5.08. The maximum Gasteiger partial charge on any atom is 0.155 e. The van der Waals surface area contributed by atoms with Crippen LogP contribution in [0.5, 0.6) is 5.75 Å². The van der Waals surface area contributed by atoms with E-state index in [0.29, 0.717) is 15.9 Å². The molecule has 0 aliphatic rings. The average Bonchev–Trinajstić information content (AvgIpc) is 2.40. The van der Waals surface area contributed by atoms with Crippen molar-refractivity contribution in [3.63, 3.8) is 0 Å². The number of ether oxygens (including phenoxy) is 1. The van der Waals surface area contributed by atoms with Crippen molar-refractivity contribution in [1.82, 2.24) is 4.98 Å². The van der Waals surface area contributed by atoms with Gasteiger partial charge in [-0.1, -0.05) is 6.07 Å². The van der Waals surface area contributed by atoms with E-state index in [1.165, 1.54) is 12.1 Å². The summed E-state index contributed by atoms with van der Waals surface area (Å²) in [4.78, 5) is 4.23. The highest BCUT2D eigenvalue weighted by Gasteiger charge is 2.20. The third-order valence-electron chi connectivity index (χ3n) is 2.60. The molecule has 1 heterocycles. The highest BCUT2D eigenvalue weighted by Crippen LogP contribution is 2.30. The lowest BCUT2D eigenvalue weighted by Crippen LogP contribution is -2.29. The number of halogens is 2. The second-order valence-electron chi connectivity index (χ2n) is 4.23.